The van der Waals surface area contributed by atoms with E-state index in [1.165, 1.54) is 0 Å². The van der Waals surface area contributed by atoms with Crippen molar-refractivity contribution in [2.45, 2.75) is 38.9 Å². The van der Waals surface area contributed by atoms with E-state index in [-0.39, 0.29) is 0 Å². The topological polar surface area (TPSA) is 49.8 Å². The molecule has 1 fully saturated rings. The Kier molecular flexibility index (Phi) is 3.49. The molecule has 0 atom stereocenters. The van der Waals surface area contributed by atoms with Crippen LogP contribution < -0.4 is 14.9 Å². The molecule has 0 spiro atoms. The third kappa shape index (κ3) is 2.42. The van der Waals surface area contributed by atoms with Crippen molar-refractivity contribution in [2.75, 3.05) is 14.2 Å². The molecular formula is C13H20BNO4. The van der Waals surface area contributed by atoms with E-state index in [1.807, 2.05) is 33.8 Å². The number of pyridine rings is 1. The van der Waals surface area contributed by atoms with Gasteiger partial charge in [0.15, 0.2) is 0 Å². The van der Waals surface area contributed by atoms with Crippen molar-refractivity contribution >= 4 is 12.6 Å². The molecule has 19 heavy (non-hydrogen) atoms. The van der Waals surface area contributed by atoms with Crippen molar-refractivity contribution in [3.8, 4) is 11.6 Å². The number of rotatable bonds is 3. The molecule has 2 heterocycles. The van der Waals surface area contributed by atoms with Crippen molar-refractivity contribution in [2.24, 2.45) is 0 Å². The quantitative estimate of drug-likeness (QED) is 0.773. The van der Waals surface area contributed by atoms with E-state index < -0.39 is 18.3 Å². The highest BCUT2D eigenvalue weighted by atomic mass is 16.7. The maximum Gasteiger partial charge on any atom is 0.500 e. The Balaban J connectivity index is 2.38. The van der Waals surface area contributed by atoms with E-state index in [2.05, 4.69) is 4.98 Å². The molecule has 0 amide bonds. The lowest BCUT2D eigenvalue weighted by molar-refractivity contribution is 0.00578. The maximum absolute atomic E-state index is 5.99. The van der Waals surface area contributed by atoms with Gasteiger partial charge in [0.2, 0.25) is 5.88 Å². The lowest BCUT2D eigenvalue weighted by atomic mass is 9.79. The predicted molar refractivity (Wildman–Crippen MR) is 73.1 cm³/mol. The summed E-state index contributed by atoms with van der Waals surface area (Å²) in [6.45, 7) is 8.03. The number of aromatic nitrogens is 1. The third-order valence-electron chi connectivity index (χ3n) is 3.79. The van der Waals surface area contributed by atoms with Crippen LogP contribution in [0.4, 0.5) is 0 Å². The Morgan fingerprint density at radius 2 is 1.63 bits per heavy atom. The van der Waals surface area contributed by atoms with Crippen molar-refractivity contribution < 1.29 is 18.8 Å². The van der Waals surface area contributed by atoms with Gasteiger partial charge < -0.3 is 18.8 Å². The lowest BCUT2D eigenvalue weighted by Gasteiger charge is -2.32. The van der Waals surface area contributed by atoms with Gasteiger partial charge in [-0.15, -0.1) is 0 Å². The molecule has 0 N–H and O–H groups in total. The zero-order valence-corrected chi connectivity index (χ0v) is 12.3. The Morgan fingerprint density at radius 1 is 1.05 bits per heavy atom. The van der Waals surface area contributed by atoms with Crippen LogP contribution in [0.1, 0.15) is 27.7 Å². The number of ether oxygens (including phenoxy) is 2. The molecule has 1 aliphatic rings. The summed E-state index contributed by atoms with van der Waals surface area (Å²) >= 11 is 0. The van der Waals surface area contributed by atoms with Gasteiger partial charge in [-0.3, -0.25) is 0 Å². The summed E-state index contributed by atoms with van der Waals surface area (Å²) in [4.78, 5) is 4.20. The summed E-state index contributed by atoms with van der Waals surface area (Å²) < 4.78 is 22.4. The summed E-state index contributed by atoms with van der Waals surface area (Å²) in [5, 5.41) is 0. The fraction of sp³-hybridized carbons (Fsp3) is 0.615. The monoisotopic (exact) mass is 265 g/mol. The van der Waals surface area contributed by atoms with Crippen LogP contribution in [-0.2, 0) is 9.31 Å². The minimum atomic E-state index is -0.512. The van der Waals surface area contributed by atoms with Gasteiger partial charge in [-0.25, -0.2) is 4.98 Å². The van der Waals surface area contributed by atoms with Crippen molar-refractivity contribution in [1.82, 2.24) is 4.98 Å². The van der Waals surface area contributed by atoms with Gasteiger partial charge in [0.25, 0.3) is 0 Å². The molecule has 2 rings (SSSR count). The molecule has 1 aromatic rings. The van der Waals surface area contributed by atoms with E-state index in [0.29, 0.717) is 11.6 Å². The third-order valence-corrected chi connectivity index (χ3v) is 3.79. The lowest BCUT2D eigenvalue weighted by Crippen LogP contribution is -2.41. The summed E-state index contributed by atoms with van der Waals surface area (Å²) in [7, 11) is 2.66. The van der Waals surface area contributed by atoms with Crippen LogP contribution in [0.5, 0.6) is 11.6 Å². The smallest absolute Gasteiger partial charge is 0.495 e. The molecule has 104 valence electrons. The van der Waals surface area contributed by atoms with E-state index in [4.69, 9.17) is 18.8 Å². The van der Waals surface area contributed by atoms with E-state index >= 15 is 0 Å². The van der Waals surface area contributed by atoms with E-state index in [1.54, 1.807) is 20.4 Å². The molecule has 0 radical (unpaired) electrons. The summed E-state index contributed by atoms with van der Waals surface area (Å²) in [5.41, 5.74) is -0.0576. The number of nitrogens with zero attached hydrogens (tertiary/aromatic N) is 1. The van der Waals surface area contributed by atoms with Gasteiger partial charge in [0.1, 0.15) is 5.75 Å². The molecule has 0 bridgehead atoms. The number of methoxy groups -OCH3 is 2. The zero-order valence-electron chi connectivity index (χ0n) is 12.3. The first-order chi connectivity index (χ1) is 8.80. The molecule has 0 aliphatic carbocycles. The number of hydrogen-bond donors (Lipinski definition) is 0. The highest BCUT2D eigenvalue weighted by Crippen LogP contribution is 2.37. The fourth-order valence-corrected chi connectivity index (χ4v) is 1.87. The van der Waals surface area contributed by atoms with Gasteiger partial charge in [-0.1, -0.05) is 0 Å². The van der Waals surface area contributed by atoms with Gasteiger partial charge in [-0.2, -0.15) is 0 Å². The summed E-state index contributed by atoms with van der Waals surface area (Å²) in [6, 6.07) is 1.83. The predicted octanol–water partition coefficient (Wildman–Crippen LogP) is 1.40. The molecular weight excluding hydrogens is 245 g/mol. The van der Waals surface area contributed by atoms with Gasteiger partial charge >= 0.3 is 7.12 Å². The Morgan fingerprint density at radius 3 is 2.11 bits per heavy atom. The van der Waals surface area contributed by atoms with Crippen LogP contribution >= 0.6 is 0 Å². The van der Waals surface area contributed by atoms with Crippen molar-refractivity contribution in [3.05, 3.63) is 12.3 Å². The SMILES string of the molecule is COc1cnc(OC)c(B2OC(C)(C)C(C)(C)O2)c1. The summed E-state index contributed by atoms with van der Waals surface area (Å²) in [5.74, 6) is 1.13. The summed E-state index contributed by atoms with van der Waals surface area (Å²) in [6.07, 6.45) is 1.60. The molecule has 0 unspecified atom stereocenters. The second-order valence-corrected chi connectivity index (χ2v) is 5.56. The Labute approximate surface area is 114 Å². The average Bonchev–Trinajstić information content (AvgIpc) is 2.57. The van der Waals surface area contributed by atoms with Crippen LogP contribution in [0.15, 0.2) is 12.3 Å². The minimum absolute atomic E-state index is 0.397. The van der Waals surface area contributed by atoms with Crippen LogP contribution in [0, 0.1) is 0 Å². The van der Waals surface area contributed by atoms with E-state index in [0.717, 1.165) is 5.46 Å². The second kappa shape index (κ2) is 4.69. The minimum Gasteiger partial charge on any atom is -0.495 e. The molecule has 0 aromatic carbocycles. The Hall–Kier alpha value is -1.27. The van der Waals surface area contributed by atoms with E-state index in [9.17, 15) is 0 Å². The van der Waals surface area contributed by atoms with Gasteiger partial charge in [0, 0.05) is 5.46 Å². The molecule has 0 saturated carbocycles. The largest absolute Gasteiger partial charge is 0.500 e. The second-order valence-electron chi connectivity index (χ2n) is 5.56. The maximum atomic E-state index is 5.99. The van der Waals surface area contributed by atoms with Crippen LogP contribution in [0.3, 0.4) is 0 Å². The molecule has 1 saturated heterocycles. The normalized spacial score (nSPS) is 20.4. The van der Waals surface area contributed by atoms with Gasteiger partial charge in [-0.05, 0) is 33.8 Å². The van der Waals surface area contributed by atoms with Crippen LogP contribution in [-0.4, -0.2) is 37.5 Å². The highest BCUT2D eigenvalue weighted by Gasteiger charge is 2.52. The fourth-order valence-electron chi connectivity index (χ4n) is 1.87. The van der Waals surface area contributed by atoms with Crippen LogP contribution in [0.25, 0.3) is 0 Å². The van der Waals surface area contributed by atoms with Crippen molar-refractivity contribution in [1.29, 1.82) is 0 Å². The number of hydrogen-bond acceptors (Lipinski definition) is 5. The molecule has 1 aromatic heterocycles. The average molecular weight is 265 g/mol. The molecule has 6 heteroatoms. The molecule has 1 aliphatic heterocycles. The highest BCUT2D eigenvalue weighted by molar-refractivity contribution is 6.63. The molecule has 5 nitrogen and oxygen atoms in total. The van der Waals surface area contributed by atoms with Crippen LogP contribution in [0.2, 0.25) is 0 Å². The zero-order chi connectivity index (χ0) is 14.3. The first-order valence-corrected chi connectivity index (χ1v) is 6.24. The standard InChI is InChI=1S/C13H20BNO4/c1-12(2)13(3,4)19-14(18-12)10-7-9(16-5)8-15-11(10)17-6/h7-8H,1-6H3. The first kappa shape index (κ1) is 14.2. The Bertz CT molecular complexity index is 460. The van der Waals surface area contributed by atoms with Gasteiger partial charge in [0.05, 0.1) is 31.6 Å². The first-order valence-electron chi connectivity index (χ1n) is 6.24. The van der Waals surface area contributed by atoms with Crippen molar-refractivity contribution in [3.63, 3.8) is 0 Å².